The van der Waals surface area contributed by atoms with Crippen LogP contribution in [-0.2, 0) is 18.0 Å². The van der Waals surface area contributed by atoms with Crippen molar-refractivity contribution in [2.75, 3.05) is 36.5 Å². The number of morpholine rings is 1. The second-order valence-corrected chi connectivity index (χ2v) is 6.18. The maximum Gasteiger partial charge on any atom is 0.433 e. The quantitative estimate of drug-likeness (QED) is 0.724. The van der Waals surface area contributed by atoms with E-state index in [4.69, 9.17) is 9.37 Å². The lowest BCUT2D eigenvalue weighted by atomic mass is 10.2. The summed E-state index contributed by atoms with van der Waals surface area (Å²) in [5, 5.41) is 13.9. The van der Waals surface area contributed by atoms with Crippen LogP contribution in [0.5, 0.6) is 0 Å². The molecule has 0 unspecified atom stereocenters. The molecular weight excluding hydrogens is 381 g/mol. The van der Waals surface area contributed by atoms with Gasteiger partial charge in [-0.1, -0.05) is 0 Å². The van der Waals surface area contributed by atoms with Gasteiger partial charge >= 0.3 is 6.18 Å². The lowest BCUT2D eigenvalue weighted by molar-refractivity contribution is -0.143. The van der Waals surface area contributed by atoms with Crippen LogP contribution >= 0.6 is 0 Å². The van der Waals surface area contributed by atoms with Gasteiger partial charge in [0.1, 0.15) is 5.69 Å². The first-order valence-corrected chi connectivity index (χ1v) is 8.35. The average Bonchev–Trinajstić information content (AvgIpc) is 3.29. The molecule has 28 heavy (non-hydrogen) atoms. The predicted octanol–water partition coefficient (Wildman–Crippen LogP) is 2.06. The number of anilines is 2. The Bertz CT molecular complexity index is 1020. The van der Waals surface area contributed by atoms with Crippen LogP contribution in [0, 0.1) is 0 Å². The second-order valence-electron chi connectivity index (χ2n) is 6.18. The van der Waals surface area contributed by atoms with Gasteiger partial charge in [-0.05, 0) is 22.4 Å². The third-order valence-electron chi connectivity index (χ3n) is 4.40. The molecule has 1 fully saturated rings. The number of aryl methyl sites for hydroxylation is 1. The molecule has 3 heterocycles. The summed E-state index contributed by atoms with van der Waals surface area (Å²) in [4.78, 5) is 14.5. The second kappa shape index (κ2) is 6.78. The highest BCUT2D eigenvalue weighted by Gasteiger charge is 2.35. The lowest BCUT2D eigenvalue weighted by Crippen LogP contribution is -2.36. The van der Waals surface area contributed by atoms with Crippen molar-refractivity contribution in [3.8, 4) is 0 Å². The Hall–Kier alpha value is -3.15. The van der Waals surface area contributed by atoms with E-state index in [1.54, 1.807) is 12.1 Å². The minimum absolute atomic E-state index is 0.262. The van der Waals surface area contributed by atoms with Crippen molar-refractivity contribution >= 4 is 28.3 Å². The number of halogens is 3. The first-order valence-electron chi connectivity index (χ1n) is 8.35. The fourth-order valence-corrected chi connectivity index (χ4v) is 3.04. The number of carbonyl (C=O) groups is 1. The fraction of sp³-hybridized carbons (Fsp3) is 0.375. The zero-order chi connectivity index (χ0) is 19.9. The predicted molar refractivity (Wildman–Crippen MR) is 91.0 cm³/mol. The van der Waals surface area contributed by atoms with Gasteiger partial charge in [-0.15, -0.1) is 0 Å². The van der Waals surface area contributed by atoms with Crippen LogP contribution < -0.4 is 10.2 Å². The first-order chi connectivity index (χ1) is 13.3. The van der Waals surface area contributed by atoms with Crippen molar-refractivity contribution in [3.63, 3.8) is 0 Å². The summed E-state index contributed by atoms with van der Waals surface area (Å²) in [6.45, 7) is 2.49. The summed E-state index contributed by atoms with van der Waals surface area (Å²) in [6, 6.07) is 4.03. The molecule has 0 radical (unpaired) electrons. The number of ether oxygens (including phenoxy) is 1. The van der Waals surface area contributed by atoms with Crippen molar-refractivity contribution in [1.82, 2.24) is 20.1 Å². The minimum Gasteiger partial charge on any atom is -0.378 e. The average molecular weight is 396 g/mol. The van der Waals surface area contributed by atoms with Gasteiger partial charge < -0.3 is 15.0 Å². The van der Waals surface area contributed by atoms with Crippen LogP contribution in [0.4, 0.5) is 24.5 Å². The molecule has 0 bridgehead atoms. The number of carbonyl (C=O) groups excluding carboxylic acids is 1. The molecular formula is C16H15F3N6O3. The highest BCUT2D eigenvalue weighted by atomic mass is 19.4. The van der Waals surface area contributed by atoms with Crippen molar-refractivity contribution in [2.24, 2.45) is 7.05 Å². The van der Waals surface area contributed by atoms with Gasteiger partial charge in [0.05, 0.1) is 24.6 Å². The number of amides is 1. The van der Waals surface area contributed by atoms with E-state index in [0.717, 1.165) is 12.7 Å². The zero-order valence-corrected chi connectivity index (χ0v) is 14.7. The molecule has 12 heteroatoms. The molecule has 1 saturated heterocycles. The molecule has 3 aromatic rings. The molecule has 1 amide bonds. The largest absolute Gasteiger partial charge is 0.433 e. The standard InChI is InChI=1S/C16H15F3N6O3/c1-24-12(16(17,18)19)8-10(21-24)15(26)20-9-2-3-11(14-13(9)22-28-23-14)25-4-6-27-7-5-25/h2-3,8H,4-7H2,1H3,(H,20,26). The molecule has 1 aliphatic rings. The number of fused-ring (bicyclic) bond motifs is 1. The summed E-state index contributed by atoms with van der Waals surface area (Å²) in [7, 11) is 1.12. The highest BCUT2D eigenvalue weighted by Crippen LogP contribution is 2.32. The van der Waals surface area contributed by atoms with E-state index in [1.807, 2.05) is 0 Å². The van der Waals surface area contributed by atoms with Gasteiger partial charge in [0, 0.05) is 26.2 Å². The number of hydrogen-bond donors (Lipinski definition) is 1. The van der Waals surface area contributed by atoms with Gasteiger partial charge in [-0.3, -0.25) is 9.48 Å². The van der Waals surface area contributed by atoms with Crippen LogP contribution in [0.25, 0.3) is 11.0 Å². The Kier molecular flexibility index (Phi) is 4.41. The summed E-state index contributed by atoms with van der Waals surface area (Å²) in [5.41, 5.74) is 0.387. The third-order valence-corrected chi connectivity index (χ3v) is 4.40. The monoisotopic (exact) mass is 396 g/mol. The number of alkyl halides is 3. The van der Waals surface area contributed by atoms with E-state index >= 15 is 0 Å². The molecule has 0 saturated carbocycles. The van der Waals surface area contributed by atoms with E-state index in [1.165, 1.54) is 0 Å². The summed E-state index contributed by atoms with van der Waals surface area (Å²) >= 11 is 0. The molecule has 1 aromatic carbocycles. The number of nitrogens with one attached hydrogen (secondary N) is 1. The highest BCUT2D eigenvalue weighted by molar-refractivity contribution is 6.08. The Morgan fingerprint density at radius 1 is 1.18 bits per heavy atom. The molecule has 1 aliphatic heterocycles. The summed E-state index contributed by atoms with van der Waals surface area (Å²) in [6.07, 6.45) is -4.61. The Labute approximate surface area is 156 Å². The molecule has 0 aliphatic carbocycles. The van der Waals surface area contributed by atoms with E-state index in [2.05, 4.69) is 25.6 Å². The summed E-state index contributed by atoms with van der Waals surface area (Å²) in [5.74, 6) is -0.797. The van der Waals surface area contributed by atoms with E-state index in [-0.39, 0.29) is 11.4 Å². The topological polar surface area (TPSA) is 98.3 Å². The number of benzene rings is 1. The van der Waals surface area contributed by atoms with Crippen LogP contribution in [-0.4, -0.2) is 52.3 Å². The van der Waals surface area contributed by atoms with Gasteiger partial charge in [-0.2, -0.15) is 18.3 Å². The van der Waals surface area contributed by atoms with Crippen LogP contribution in [0.3, 0.4) is 0 Å². The van der Waals surface area contributed by atoms with Crippen LogP contribution in [0.15, 0.2) is 22.8 Å². The molecule has 1 N–H and O–H groups in total. The third kappa shape index (κ3) is 3.26. The maximum absolute atomic E-state index is 12.9. The van der Waals surface area contributed by atoms with E-state index in [9.17, 15) is 18.0 Å². The van der Waals surface area contributed by atoms with Crippen LogP contribution in [0.2, 0.25) is 0 Å². The molecule has 9 nitrogen and oxygen atoms in total. The molecule has 4 rings (SSSR count). The molecule has 0 spiro atoms. The number of rotatable bonds is 3. The molecule has 2 aromatic heterocycles. The SMILES string of the molecule is Cn1nc(C(=O)Nc2ccc(N3CCOCC3)c3nonc23)cc1C(F)(F)F. The molecule has 148 valence electrons. The maximum atomic E-state index is 12.9. The van der Waals surface area contributed by atoms with Gasteiger partial charge in [0.25, 0.3) is 5.91 Å². The van der Waals surface area contributed by atoms with Crippen molar-refractivity contribution < 1.29 is 27.3 Å². The lowest BCUT2D eigenvalue weighted by Gasteiger charge is -2.28. The van der Waals surface area contributed by atoms with Gasteiger partial charge in [-0.25, -0.2) is 4.63 Å². The zero-order valence-electron chi connectivity index (χ0n) is 14.7. The Morgan fingerprint density at radius 2 is 1.89 bits per heavy atom. The number of aromatic nitrogens is 4. The smallest absolute Gasteiger partial charge is 0.378 e. The van der Waals surface area contributed by atoms with Crippen LogP contribution in [0.1, 0.15) is 16.2 Å². The Morgan fingerprint density at radius 3 is 2.57 bits per heavy atom. The normalized spacial score (nSPS) is 15.2. The van der Waals surface area contributed by atoms with Crippen molar-refractivity contribution in [2.45, 2.75) is 6.18 Å². The van der Waals surface area contributed by atoms with E-state index in [0.29, 0.717) is 48.1 Å². The van der Waals surface area contributed by atoms with Gasteiger partial charge in [0.15, 0.2) is 16.7 Å². The van der Waals surface area contributed by atoms with Gasteiger partial charge in [0.2, 0.25) is 0 Å². The van der Waals surface area contributed by atoms with E-state index < -0.39 is 17.8 Å². The van der Waals surface area contributed by atoms with Crippen molar-refractivity contribution in [1.29, 1.82) is 0 Å². The fourth-order valence-electron chi connectivity index (χ4n) is 3.04. The first kappa shape index (κ1) is 18.2. The minimum atomic E-state index is -4.61. The number of nitrogens with zero attached hydrogens (tertiary/aromatic N) is 5. The number of hydrogen-bond acceptors (Lipinski definition) is 7. The summed E-state index contributed by atoms with van der Waals surface area (Å²) < 4.78 is 49.5. The van der Waals surface area contributed by atoms with Crippen molar-refractivity contribution in [3.05, 3.63) is 29.6 Å². The Balaban J connectivity index is 1.62. The molecule has 0 atom stereocenters.